The van der Waals surface area contributed by atoms with E-state index < -0.39 is 17.5 Å². The molecule has 1 aromatic carbocycles. The normalized spacial score (nSPS) is 10.7. The van der Waals surface area contributed by atoms with Crippen LogP contribution in [-0.2, 0) is 6.54 Å². The Hall–Kier alpha value is -1.98. The lowest BCUT2D eigenvalue weighted by Crippen LogP contribution is -2.07. The van der Waals surface area contributed by atoms with Crippen LogP contribution in [0.25, 0.3) is 0 Å². The predicted molar refractivity (Wildman–Crippen MR) is 52.1 cm³/mol. The Kier molecular flexibility index (Phi) is 2.55. The summed E-state index contributed by atoms with van der Waals surface area (Å²) in [6.07, 6.45) is 1.46. The predicted octanol–water partition coefficient (Wildman–Crippen LogP) is 1.93. The number of nitrogens with zero attached hydrogens (tertiary/aromatic N) is 2. The fourth-order valence-electron chi connectivity index (χ4n) is 1.35. The van der Waals surface area contributed by atoms with Crippen molar-refractivity contribution >= 4 is 5.82 Å². The second-order valence-electron chi connectivity index (χ2n) is 3.29. The molecule has 0 unspecified atom stereocenters. The van der Waals surface area contributed by atoms with Gasteiger partial charge >= 0.3 is 0 Å². The second-order valence-corrected chi connectivity index (χ2v) is 3.29. The van der Waals surface area contributed by atoms with E-state index in [4.69, 9.17) is 5.73 Å². The summed E-state index contributed by atoms with van der Waals surface area (Å²) in [5, 5.41) is 3.85. The van der Waals surface area contributed by atoms with Gasteiger partial charge in [0, 0.05) is 0 Å². The standard InChI is InChI=1S/C10H8F3N3/c11-7-3-6(4-8(12)10(7)13)5-16-9(14)1-2-15-16/h1-4H,5,14H2. The second kappa shape index (κ2) is 3.88. The lowest BCUT2D eigenvalue weighted by Gasteiger charge is -2.05. The van der Waals surface area contributed by atoms with Crippen molar-refractivity contribution in [3.63, 3.8) is 0 Å². The number of hydrogen-bond acceptors (Lipinski definition) is 2. The zero-order valence-electron chi connectivity index (χ0n) is 8.12. The molecule has 1 heterocycles. The molecule has 0 atom stereocenters. The lowest BCUT2D eigenvalue weighted by molar-refractivity contribution is 0.444. The first kappa shape index (κ1) is 10.5. The van der Waals surface area contributed by atoms with Crippen LogP contribution in [0.2, 0.25) is 0 Å². The Bertz CT molecular complexity index is 499. The van der Waals surface area contributed by atoms with E-state index in [-0.39, 0.29) is 12.1 Å². The highest BCUT2D eigenvalue weighted by molar-refractivity contribution is 5.28. The number of halogens is 3. The van der Waals surface area contributed by atoms with Gasteiger partial charge in [0.05, 0.1) is 12.7 Å². The number of nitrogen functional groups attached to an aromatic ring is 1. The van der Waals surface area contributed by atoms with Gasteiger partial charge in [-0.1, -0.05) is 0 Å². The van der Waals surface area contributed by atoms with E-state index in [1.54, 1.807) is 6.07 Å². The molecular weight excluding hydrogens is 219 g/mol. The van der Waals surface area contributed by atoms with Crippen molar-refractivity contribution in [3.8, 4) is 0 Å². The van der Waals surface area contributed by atoms with Crippen LogP contribution in [0.1, 0.15) is 5.56 Å². The molecule has 0 amide bonds. The summed E-state index contributed by atoms with van der Waals surface area (Å²) in [5.74, 6) is -3.55. The van der Waals surface area contributed by atoms with Crippen molar-refractivity contribution in [1.82, 2.24) is 9.78 Å². The van der Waals surface area contributed by atoms with Gasteiger partial charge in [-0.25, -0.2) is 17.9 Å². The van der Waals surface area contributed by atoms with Crippen LogP contribution in [0.15, 0.2) is 24.4 Å². The monoisotopic (exact) mass is 227 g/mol. The van der Waals surface area contributed by atoms with Crippen molar-refractivity contribution in [2.75, 3.05) is 5.73 Å². The minimum absolute atomic E-state index is 0.0902. The number of rotatable bonds is 2. The first-order chi connectivity index (χ1) is 7.58. The van der Waals surface area contributed by atoms with Crippen molar-refractivity contribution in [2.45, 2.75) is 6.54 Å². The highest BCUT2D eigenvalue weighted by Crippen LogP contribution is 2.15. The highest BCUT2D eigenvalue weighted by Gasteiger charge is 2.11. The quantitative estimate of drug-likeness (QED) is 0.796. The molecule has 2 rings (SSSR count). The average Bonchev–Trinajstić information content (AvgIpc) is 2.61. The van der Waals surface area contributed by atoms with Crippen LogP contribution in [0.5, 0.6) is 0 Å². The van der Waals surface area contributed by atoms with Crippen LogP contribution >= 0.6 is 0 Å². The molecule has 0 aliphatic rings. The molecular formula is C10H8F3N3. The highest BCUT2D eigenvalue weighted by atomic mass is 19.2. The molecule has 0 aliphatic heterocycles. The first-order valence-electron chi connectivity index (χ1n) is 4.48. The van der Waals surface area contributed by atoms with Crippen molar-refractivity contribution in [3.05, 3.63) is 47.4 Å². The largest absolute Gasteiger partial charge is 0.384 e. The van der Waals surface area contributed by atoms with E-state index in [0.717, 1.165) is 12.1 Å². The fourth-order valence-corrected chi connectivity index (χ4v) is 1.35. The van der Waals surface area contributed by atoms with Gasteiger partial charge in [0.1, 0.15) is 5.82 Å². The lowest BCUT2D eigenvalue weighted by atomic mass is 10.2. The molecule has 0 bridgehead atoms. The molecule has 16 heavy (non-hydrogen) atoms. The Morgan fingerprint density at radius 1 is 1.19 bits per heavy atom. The third-order valence-electron chi connectivity index (χ3n) is 2.13. The van der Waals surface area contributed by atoms with Gasteiger partial charge in [-0.3, -0.25) is 0 Å². The Labute approximate surface area is 89.3 Å². The third-order valence-corrected chi connectivity index (χ3v) is 2.13. The van der Waals surface area contributed by atoms with Gasteiger partial charge in [0.25, 0.3) is 0 Å². The average molecular weight is 227 g/mol. The van der Waals surface area contributed by atoms with Crippen LogP contribution in [0.3, 0.4) is 0 Å². The zero-order chi connectivity index (χ0) is 11.7. The molecule has 0 radical (unpaired) electrons. The fraction of sp³-hybridized carbons (Fsp3) is 0.100. The summed E-state index contributed by atoms with van der Waals surface area (Å²) < 4.78 is 39.8. The van der Waals surface area contributed by atoms with Gasteiger partial charge in [-0.05, 0) is 23.8 Å². The minimum Gasteiger partial charge on any atom is -0.384 e. The van der Waals surface area contributed by atoms with Gasteiger partial charge in [0.2, 0.25) is 0 Å². The molecule has 0 fully saturated rings. The Balaban J connectivity index is 2.33. The summed E-state index contributed by atoms with van der Waals surface area (Å²) >= 11 is 0. The van der Waals surface area contributed by atoms with Crippen molar-refractivity contribution in [1.29, 1.82) is 0 Å². The van der Waals surface area contributed by atoms with Gasteiger partial charge in [0.15, 0.2) is 17.5 Å². The molecule has 6 heteroatoms. The Morgan fingerprint density at radius 2 is 1.81 bits per heavy atom. The van der Waals surface area contributed by atoms with Gasteiger partial charge in [-0.2, -0.15) is 5.10 Å². The van der Waals surface area contributed by atoms with Gasteiger partial charge in [-0.15, -0.1) is 0 Å². The first-order valence-corrected chi connectivity index (χ1v) is 4.48. The zero-order valence-corrected chi connectivity index (χ0v) is 8.12. The van der Waals surface area contributed by atoms with Crippen molar-refractivity contribution < 1.29 is 13.2 Å². The van der Waals surface area contributed by atoms with Crippen LogP contribution in [-0.4, -0.2) is 9.78 Å². The molecule has 0 aliphatic carbocycles. The number of benzene rings is 1. The summed E-state index contributed by atoms with van der Waals surface area (Å²) in [6.45, 7) is 0.0902. The summed E-state index contributed by atoms with van der Waals surface area (Å²) in [7, 11) is 0. The molecule has 1 aromatic heterocycles. The topological polar surface area (TPSA) is 43.8 Å². The van der Waals surface area contributed by atoms with E-state index >= 15 is 0 Å². The van der Waals surface area contributed by atoms with E-state index in [2.05, 4.69) is 5.10 Å². The van der Waals surface area contributed by atoms with E-state index in [9.17, 15) is 13.2 Å². The maximum atomic E-state index is 12.9. The maximum absolute atomic E-state index is 12.9. The third kappa shape index (κ3) is 1.86. The number of hydrogen-bond donors (Lipinski definition) is 1. The minimum atomic E-state index is -1.47. The maximum Gasteiger partial charge on any atom is 0.194 e. The smallest absolute Gasteiger partial charge is 0.194 e. The van der Waals surface area contributed by atoms with Crippen LogP contribution in [0, 0.1) is 17.5 Å². The van der Waals surface area contributed by atoms with Crippen LogP contribution < -0.4 is 5.73 Å². The van der Waals surface area contributed by atoms with E-state index in [0.29, 0.717) is 5.82 Å². The van der Waals surface area contributed by atoms with E-state index in [1.807, 2.05) is 0 Å². The molecule has 0 spiro atoms. The summed E-state index contributed by atoms with van der Waals surface area (Å²) in [6, 6.07) is 3.38. The van der Waals surface area contributed by atoms with E-state index in [1.165, 1.54) is 10.9 Å². The van der Waals surface area contributed by atoms with Crippen LogP contribution in [0.4, 0.5) is 19.0 Å². The number of aromatic nitrogens is 2. The molecule has 2 aromatic rings. The summed E-state index contributed by atoms with van der Waals surface area (Å²) in [5.41, 5.74) is 5.79. The van der Waals surface area contributed by atoms with Gasteiger partial charge < -0.3 is 5.73 Å². The van der Waals surface area contributed by atoms with Crippen molar-refractivity contribution in [2.24, 2.45) is 0 Å². The summed E-state index contributed by atoms with van der Waals surface area (Å²) in [4.78, 5) is 0. The molecule has 2 N–H and O–H groups in total. The number of anilines is 1. The SMILES string of the molecule is Nc1ccnn1Cc1cc(F)c(F)c(F)c1. The molecule has 3 nitrogen and oxygen atoms in total. The molecule has 0 saturated carbocycles. The Morgan fingerprint density at radius 3 is 2.31 bits per heavy atom. The molecule has 84 valence electrons. The number of nitrogens with two attached hydrogens (primary N) is 1. The molecule has 0 saturated heterocycles.